The molecule has 0 amide bonds. The van der Waals surface area contributed by atoms with E-state index in [9.17, 15) is 0 Å². The Bertz CT molecular complexity index is 2310. The van der Waals surface area contributed by atoms with Gasteiger partial charge in [0.2, 0.25) is 0 Å². The minimum Gasteiger partial charge on any atom is -0.308 e. The second kappa shape index (κ2) is 8.54. The molecule has 5 aromatic carbocycles. The number of hydrogen-bond donors (Lipinski definition) is 0. The highest BCUT2D eigenvalue weighted by atomic mass is 32.1. The van der Waals surface area contributed by atoms with Gasteiger partial charge in [0, 0.05) is 32.8 Å². The Morgan fingerprint density at radius 2 is 1.36 bits per heavy atom. The van der Waals surface area contributed by atoms with Gasteiger partial charge >= 0.3 is 0 Å². The molecule has 3 aromatic heterocycles. The minimum absolute atomic E-state index is 0.0197. The Hall–Kier alpha value is -4.93. The number of para-hydroxylation sites is 4. The molecule has 200 valence electrons. The van der Waals surface area contributed by atoms with Crippen molar-refractivity contribution in [3.05, 3.63) is 137 Å². The van der Waals surface area contributed by atoms with Gasteiger partial charge in [-0.05, 0) is 64.0 Å². The molecule has 8 aromatic rings. The maximum absolute atomic E-state index is 5.05. The van der Waals surface area contributed by atoms with Crippen LogP contribution in [0.2, 0.25) is 0 Å². The highest BCUT2D eigenvalue weighted by Crippen LogP contribution is 2.48. The summed E-state index contributed by atoms with van der Waals surface area (Å²) in [5, 5.41) is 7.25. The lowest BCUT2D eigenvalue weighted by Gasteiger charge is -2.32. The number of imidazole rings is 1. The monoisotopic (exact) mass is 557 g/mol. The zero-order valence-corrected chi connectivity index (χ0v) is 24.2. The molecule has 9 rings (SSSR count). The van der Waals surface area contributed by atoms with Gasteiger partial charge in [-0.3, -0.25) is 4.57 Å². The van der Waals surface area contributed by atoms with Crippen molar-refractivity contribution in [3.8, 4) is 33.9 Å². The third-order valence-corrected chi connectivity index (χ3v) is 9.80. The summed E-state index contributed by atoms with van der Waals surface area (Å²) in [6.45, 7) is 4.71. The molecule has 4 heteroatoms. The van der Waals surface area contributed by atoms with E-state index in [1.807, 2.05) is 0 Å². The van der Waals surface area contributed by atoms with Crippen molar-refractivity contribution in [2.75, 3.05) is 0 Å². The highest BCUT2D eigenvalue weighted by molar-refractivity contribution is 7.08. The molecule has 0 radical (unpaired) electrons. The molecular weight excluding hydrogens is 531 g/mol. The summed E-state index contributed by atoms with van der Waals surface area (Å²) in [5.74, 6) is 0.951. The van der Waals surface area contributed by atoms with Gasteiger partial charge in [-0.15, -0.1) is 11.3 Å². The minimum atomic E-state index is -0.0197. The molecule has 0 saturated heterocycles. The van der Waals surface area contributed by atoms with Gasteiger partial charge < -0.3 is 4.57 Å². The van der Waals surface area contributed by atoms with Gasteiger partial charge in [-0.2, -0.15) is 0 Å². The topological polar surface area (TPSA) is 22.8 Å². The first kappa shape index (κ1) is 23.7. The molecule has 0 aliphatic carbocycles. The van der Waals surface area contributed by atoms with Crippen LogP contribution in [0.3, 0.4) is 0 Å². The van der Waals surface area contributed by atoms with Gasteiger partial charge in [0.15, 0.2) is 0 Å². The molecule has 1 aliphatic heterocycles. The maximum Gasteiger partial charge on any atom is 0.145 e. The van der Waals surface area contributed by atoms with Crippen LogP contribution >= 0.6 is 11.3 Å². The summed E-state index contributed by atoms with van der Waals surface area (Å²) in [6.07, 6.45) is 0. The second-order valence-corrected chi connectivity index (χ2v) is 12.5. The van der Waals surface area contributed by atoms with Crippen LogP contribution in [0.4, 0.5) is 0 Å². The molecule has 0 unspecified atom stereocenters. The smallest absolute Gasteiger partial charge is 0.145 e. The van der Waals surface area contributed by atoms with Gasteiger partial charge in [0.25, 0.3) is 0 Å². The number of fused-ring (bicyclic) bond motifs is 6. The molecule has 42 heavy (non-hydrogen) atoms. The summed E-state index contributed by atoms with van der Waals surface area (Å²) in [4.78, 5) is 5.05. The van der Waals surface area contributed by atoms with E-state index in [-0.39, 0.29) is 5.41 Å². The van der Waals surface area contributed by atoms with E-state index in [4.69, 9.17) is 4.98 Å². The van der Waals surface area contributed by atoms with Crippen LogP contribution in [-0.2, 0) is 5.41 Å². The summed E-state index contributed by atoms with van der Waals surface area (Å²) in [7, 11) is 0. The van der Waals surface area contributed by atoms with E-state index in [2.05, 4.69) is 149 Å². The lowest BCUT2D eigenvalue weighted by molar-refractivity contribution is 0.633. The predicted octanol–water partition coefficient (Wildman–Crippen LogP) is 10.2. The van der Waals surface area contributed by atoms with Gasteiger partial charge in [0.1, 0.15) is 5.82 Å². The normalized spacial score (nSPS) is 13.7. The van der Waals surface area contributed by atoms with Crippen molar-refractivity contribution in [2.45, 2.75) is 19.3 Å². The van der Waals surface area contributed by atoms with Crippen molar-refractivity contribution in [1.29, 1.82) is 0 Å². The van der Waals surface area contributed by atoms with Crippen molar-refractivity contribution in [3.63, 3.8) is 0 Å². The average molecular weight is 558 g/mol. The summed E-state index contributed by atoms with van der Waals surface area (Å²) >= 11 is 1.80. The molecule has 3 nitrogen and oxygen atoms in total. The van der Waals surface area contributed by atoms with E-state index < -0.39 is 0 Å². The molecule has 0 saturated carbocycles. The molecular formula is C38H27N3S. The Balaban J connectivity index is 1.19. The zero-order chi connectivity index (χ0) is 28.0. The standard InChI is InChI=1S/C38H27N3S/c1-38(2)30-12-8-11-28-29-21-26(19-20-33(29)41(36(28)30)35-23-42-22-31(35)38)24-15-17-25(18-16-24)37-39-32-13-6-7-14-34(32)40(37)27-9-4-3-5-10-27/h3-23H,1-2H3. The molecule has 0 fully saturated rings. The summed E-state index contributed by atoms with van der Waals surface area (Å²) in [6, 6.07) is 41.5. The average Bonchev–Trinajstić information content (AvgIpc) is 3.75. The van der Waals surface area contributed by atoms with Crippen LogP contribution in [0, 0.1) is 0 Å². The summed E-state index contributed by atoms with van der Waals surface area (Å²) < 4.78 is 4.74. The highest BCUT2D eigenvalue weighted by Gasteiger charge is 2.35. The Morgan fingerprint density at radius 1 is 0.595 bits per heavy atom. The first-order valence-corrected chi connectivity index (χ1v) is 15.3. The fraction of sp³-hybridized carbons (Fsp3) is 0.0789. The quantitative estimate of drug-likeness (QED) is 0.212. The van der Waals surface area contributed by atoms with E-state index >= 15 is 0 Å². The second-order valence-electron chi connectivity index (χ2n) is 11.7. The van der Waals surface area contributed by atoms with Gasteiger partial charge in [-0.25, -0.2) is 4.98 Å². The van der Waals surface area contributed by atoms with Crippen molar-refractivity contribution in [2.24, 2.45) is 0 Å². The zero-order valence-electron chi connectivity index (χ0n) is 23.4. The van der Waals surface area contributed by atoms with Crippen LogP contribution in [-0.4, -0.2) is 14.1 Å². The first-order valence-electron chi connectivity index (χ1n) is 14.4. The summed E-state index contributed by atoms with van der Waals surface area (Å²) in [5.41, 5.74) is 13.5. The fourth-order valence-electron chi connectivity index (χ4n) is 6.95. The van der Waals surface area contributed by atoms with E-state index in [1.54, 1.807) is 11.3 Å². The number of rotatable bonds is 3. The Kier molecular flexibility index (Phi) is 4.83. The Morgan fingerprint density at radius 3 is 2.21 bits per heavy atom. The van der Waals surface area contributed by atoms with Crippen LogP contribution in [0.15, 0.2) is 126 Å². The molecule has 4 heterocycles. The molecule has 0 atom stereocenters. The van der Waals surface area contributed by atoms with Crippen LogP contribution in [0.1, 0.15) is 25.0 Å². The molecule has 1 aliphatic rings. The molecule has 0 bridgehead atoms. The van der Waals surface area contributed by atoms with E-state index in [0.29, 0.717) is 0 Å². The SMILES string of the molecule is CC1(C)c2cscc2-n2c3ccc(-c4ccc(-c5nc6ccccc6n5-c5ccccc5)cc4)cc3c3cccc1c32. The number of aromatic nitrogens is 3. The van der Waals surface area contributed by atoms with Crippen LogP contribution in [0.5, 0.6) is 0 Å². The maximum atomic E-state index is 5.05. The van der Waals surface area contributed by atoms with E-state index in [1.165, 1.54) is 49.7 Å². The van der Waals surface area contributed by atoms with Crippen molar-refractivity contribution >= 4 is 44.2 Å². The first-order chi connectivity index (χ1) is 20.6. The molecule has 0 N–H and O–H groups in total. The van der Waals surface area contributed by atoms with Crippen molar-refractivity contribution < 1.29 is 0 Å². The lowest BCUT2D eigenvalue weighted by Crippen LogP contribution is -2.24. The fourth-order valence-corrected chi connectivity index (χ4v) is 7.93. The van der Waals surface area contributed by atoms with E-state index in [0.717, 1.165) is 28.1 Å². The number of nitrogens with zero attached hydrogens (tertiary/aromatic N) is 3. The van der Waals surface area contributed by atoms with Gasteiger partial charge in [0.05, 0.1) is 27.8 Å². The molecule has 0 spiro atoms. The number of thiophene rings is 1. The van der Waals surface area contributed by atoms with Gasteiger partial charge in [-0.1, -0.05) is 92.7 Å². The third kappa shape index (κ3) is 3.18. The number of hydrogen-bond acceptors (Lipinski definition) is 2. The van der Waals surface area contributed by atoms with Crippen molar-refractivity contribution in [1.82, 2.24) is 14.1 Å². The lowest BCUT2D eigenvalue weighted by atomic mass is 9.76. The van der Waals surface area contributed by atoms with Crippen LogP contribution in [0.25, 0.3) is 66.7 Å². The third-order valence-electron chi connectivity index (χ3n) is 9.07. The van der Waals surface area contributed by atoms with Crippen LogP contribution < -0.4 is 0 Å². The number of benzene rings is 5. The Labute approximate surface area is 247 Å². The largest absolute Gasteiger partial charge is 0.308 e. The predicted molar refractivity (Wildman–Crippen MR) is 176 cm³/mol.